The van der Waals surface area contributed by atoms with Crippen molar-refractivity contribution in [2.24, 2.45) is 5.92 Å². The summed E-state index contributed by atoms with van der Waals surface area (Å²) in [5, 5.41) is 8.34. The third kappa shape index (κ3) is 4.22. The van der Waals surface area contributed by atoms with Crippen LogP contribution in [0.1, 0.15) is 37.5 Å². The van der Waals surface area contributed by atoms with Gasteiger partial charge >= 0.3 is 0 Å². The predicted molar refractivity (Wildman–Crippen MR) is 98.8 cm³/mol. The molecule has 0 spiro atoms. The maximum absolute atomic E-state index is 5.95. The van der Waals surface area contributed by atoms with Gasteiger partial charge in [-0.3, -0.25) is 0 Å². The van der Waals surface area contributed by atoms with E-state index in [0.717, 1.165) is 43.4 Å². The Kier molecular flexibility index (Phi) is 5.34. The number of aromatic nitrogens is 2. The first-order valence-electron chi connectivity index (χ1n) is 9.30. The van der Waals surface area contributed by atoms with Crippen LogP contribution in [-0.4, -0.2) is 47.8 Å². The molecule has 0 bridgehead atoms. The van der Waals surface area contributed by atoms with Crippen molar-refractivity contribution in [1.29, 1.82) is 0 Å². The van der Waals surface area contributed by atoms with Crippen LogP contribution < -0.4 is 5.32 Å². The molecule has 0 amide bonds. The van der Waals surface area contributed by atoms with Gasteiger partial charge < -0.3 is 14.7 Å². The number of piperidine rings is 2. The molecule has 0 saturated carbocycles. The largest absolute Gasteiger partial charge is 0.339 e. The van der Waals surface area contributed by atoms with Crippen LogP contribution in [0, 0.1) is 5.92 Å². The van der Waals surface area contributed by atoms with Crippen molar-refractivity contribution >= 4 is 11.6 Å². The summed E-state index contributed by atoms with van der Waals surface area (Å²) < 4.78 is 5.60. The highest BCUT2D eigenvalue weighted by molar-refractivity contribution is 6.30. The summed E-state index contributed by atoms with van der Waals surface area (Å²) in [5.74, 6) is 2.61. The van der Waals surface area contributed by atoms with Gasteiger partial charge in [-0.1, -0.05) is 16.8 Å². The normalized spacial score (nSPS) is 23.0. The van der Waals surface area contributed by atoms with Gasteiger partial charge in [-0.25, -0.2) is 0 Å². The zero-order valence-corrected chi connectivity index (χ0v) is 15.2. The number of rotatable bonds is 4. The van der Waals surface area contributed by atoms with E-state index >= 15 is 0 Å². The third-order valence-corrected chi connectivity index (χ3v) is 5.63. The molecule has 1 unspecified atom stereocenters. The molecule has 4 rings (SSSR count). The molecule has 2 fully saturated rings. The second kappa shape index (κ2) is 7.85. The first-order chi connectivity index (χ1) is 12.3. The van der Waals surface area contributed by atoms with Gasteiger partial charge in [-0.2, -0.15) is 4.98 Å². The summed E-state index contributed by atoms with van der Waals surface area (Å²) in [4.78, 5) is 7.25. The fourth-order valence-electron chi connectivity index (χ4n) is 3.97. The van der Waals surface area contributed by atoms with Gasteiger partial charge in [-0.15, -0.1) is 0 Å². The molecule has 134 valence electrons. The lowest BCUT2D eigenvalue weighted by Gasteiger charge is -2.35. The molecule has 1 aromatic carbocycles. The number of halogens is 1. The number of nitrogens with zero attached hydrogens (tertiary/aromatic N) is 3. The van der Waals surface area contributed by atoms with Gasteiger partial charge in [0.2, 0.25) is 11.7 Å². The molecule has 0 aliphatic carbocycles. The van der Waals surface area contributed by atoms with E-state index in [1.807, 2.05) is 24.3 Å². The Labute approximate surface area is 153 Å². The Morgan fingerprint density at radius 2 is 1.96 bits per heavy atom. The minimum absolute atomic E-state index is 0.351. The average molecular weight is 361 g/mol. The van der Waals surface area contributed by atoms with E-state index in [1.165, 1.54) is 32.4 Å². The number of hydrogen-bond donors (Lipinski definition) is 1. The zero-order valence-electron chi connectivity index (χ0n) is 14.5. The molecule has 3 heterocycles. The minimum Gasteiger partial charge on any atom is -0.339 e. The lowest BCUT2D eigenvalue weighted by atomic mass is 9.93. The summed E-state index contributed by atoms with van der Waals surface area (Å²) in [6.07, 6.45) is 4.92. The van der Waals surface area contributed by atoms with Crippen molar-refractivity contribution < 1.29 is 4.52 Å². The lowest BCUT2D eigenvalue weighted by molar-refractivity contribution is 0.151. The van der Waals surface area contributed by atoms with Crippen molar-refractivity contribution in [3.63, 3.8) is 0 Å². The number of nitrogens with one attached hydrogen (secondary N) is 1. The predicted octanol–water partition coefficient (Wildman–Crippen LogP) is 3.57. The molecule has 2 aromatic rings. The maximum atomic E-state index is 5.95. The first-order valence-corrected chi connectivity index (χ1v) is 9.68. The second-order valence-corrected chi connectivity index (χ2v) is 7.69. The Bertz CT molecular complexity index is 681. The van der Waals surface area contributed by atoms with Gasteiger partial charge in [0.05, 0.1) is 5.92 Å². The van der Waals surface area contributed by atoms with Crippen molar-refractivity contribution in [3.05, 3.63) is 35.2 Å². The fraction of sp³-hybridized carbons (Fsp3) is 0.579. The Morgan fingerprint density at radius 3 is 2.76 bits per heavy atom. The maximum Gasteiger partial charge on any atom is 0.231 e. The molecule has 1 atom stereocenters. The van der Waals surface area contributed by atoms with Crippen LogP contribution in [0.5, 0.6) is 0 Å². The summed E-state index contributed by atoms with van der Waals surface area (Å²) in [5.41, 5.74) is 0.946. The first kappa shape index (κ1) is 17.0. The quantitative estimate of drug-likeness (QED) is 0.903. The van der Waals surface area contributed by atoms with E-state index in [-0.39, 0.29) is 0 Å². The average Bonchev–Trinajstić information content (AvgIpc) is 3.14. The monoisotopic (exact) mass is 360 g/mol. The van der Waals surface area contributed by atoms with E-state index in [0.29, 0.717) is 16.8 Å². The Morgan fingerprint density at radius 1 is 1.16 bits per heavy atom. The van der Waals surface area contributed by atoms with Crippen molar-refractivity contribution in [3.8, 4) is 11.4 Å². The van der Waals surface area contributed by atoms with E-state index in [1.54, 1.807) is 0 Å². The van der Waals surface area contributed by atoms with E-state index in [4.69, 9.17) is 16.1 Å². The SMILES string of the molecule is Clc1ccc(-c2noc(C3CCCN(CC4CCNCC4)C3)n2)cc1. The number of benzene rings is 1. The Hall–Kier alpha value is -1.43. The van der Waals surface area contributed by atoms with Crippen LogP contribution in [0.4, 0.5) is 0 Å². The molecule has 2 aliphatic heterocycles. The molecule has 5 nitrogen and oxygen atoms in total. The molecule has 1 aromatic heterocycles. The van der Waals surface area contributed by atoms with Crippen molar-refractivity contribution in [2.75, 3.05) is 32.7 Å². The highest BCUT2D eigenvalue weighted by Crippen LogP contribution is 2.29. The van der Waals surface area contributed by atoms with Crippen molar-refractivity contribution in [2.45, 2.75) is 31.6 Å². The summed E-state index contributed by atoms with van der Waals surface area (Å²) >= 11 is 5.95. The lowest BCUT2D eigenvalue weighted by Crippen LogP contribution is -2.40. The van der Waals surface area contributed by atoms with Crippen LogP contribution in [0.25, 0.3) is 11.4 Å². The molecule has 1 N–H and O–H groups in total. The summed E-state index contributed by atoms with van der Waals surface area (Å²) in [7, 11) is 0. The summed E-state index contributed by atoms with van der Waals surface area (Å²) in [6.45, 7) is 5.76. The van der Waals surface area contributed by atoms with Crippen LogP contribution >= 0.6 is 11.6 Å². The second-order valence-electron chi connectivity index (χ2n) is 7.26. The molecule has 0 radical (unpaired) electrons. The van der Waals surface area contributed by atoms with Crippen LogP contribution in [0.3, 0.4) is 0 Å². The van der Waals surface area contributed by atoms with Crippen molar-refractivity contribution in [1.82, 2.24) is 20.4 Å². The highest BCUT2D eigenvalue weighted by atomic mass is 35.5. The van der Waals surface area contributed by atoms with Crippen LogP contribution in [0.15, 0.2) is 28.8 Å². The Balaban J connectivity index is 1.40. The number of hydrogen-bond acceptors (Lipinski definition) is 5. The molecular weight excluding hydrogens is 336 g/mol. The topological polar surface area (TPSA) is 54.2 Å². The third-order valence-electron chi connectivity index (χ3n) is 5.37. The summed E-state index contributed by atoms with van der Waals surface area (Å²) in [6, 6.07) is 7.57. The minimum atomic E-state index is 0.351. The van der Waals surface area contributed by atoms with Gasteiger partial charge in [0.1, 0.15) is 0 Å². The van der Waals surface area contributed by atoms with Crippen LogP contribution in [-0.2, 0) is 0 Å². The zero-order chi connectivity index (χ0) is 17.1. The fourth-order valence-corrected chi connectivity index (χ4v) is 4.10. The van der Waals surface area contributed by atoms with Gasteiger partial charge in [0, 0.05) is 23.7 Å². The standard InChI is InChI=1S/C19H25ClN4O/c20-17-5-3-15(4-6-17)18-22-19(25-23-18)16-2-1-11-24(13-16)12-14-7-9-21-10-8-14/h3-6,14,16,21H,1-2,7-13H2. The van der Waals surface area contributed by atoms with Gasteiger partial charge in [-0.05, 0) is 75.5 Å². The number of likely N-dealkylation sites (tertiary alicyclic amines) is 1. The smallest absolute Gasteiger partial charge is 0.231 e. The van der Waals surface area contributed by atoms with Gasteiger partial charge in [0.25, 0.3) is 0 Å². The molecule has 6 heteroatoms. The molecule has 2 saturated heterocycles. The molecular formula is C19H25ClN4O. The van der Waals surface area contributed by atoms with E-state index in [9.17, 15) is 0 Å². The van der Waals surface area contributed by atoms with E-state index in [2.05, 4.69) is 20.4 Å². The molecule has 2 aliphatic rings. The van der Waals surface area contributed by atoms with Gasteiger partial charge in [0.15, 0.2) is 0 Å². The van der Waals surface area contributed by atoms with Crippen LogP contribution in [0.2, 0.25) is 5.02 Å². The molecule has 25 heavy (non-hydrogen) atoms. The van der Waals surface area contributed by atoms with E-state index < -0.39 is 0 Å². The highest BCUT2D eigenvalue weighted by Gasteiger charge is 2.28.